The van der Waals surface area contributed by atoms with Gasteiger partial charge in [0.05, 0.1) is 35.5 Å². The normalized spacial score (nSPS) is 11.0. The molecule has 0 saturated carbocycles. The molecule has 36 heavy (non-hydrogen) atoms. The molecule has 0 saturated heterocycles. The number of amides is 2. The average Bonchev–Trinajstić information content (AvgIpc) is 3.38. The number of thiophene rings is 1. The maximum atomic E-state index is 13.0. The highest BCUT2D eigenvalue weighted by Crippen LogP contribution is 2.14. The number of hydrogen-bond acceptors (Lipinski definition) is 9. The van der Waals surface area contributed by atoms with Crippen molar-refractivity contribution in [3.05, 3.63) is 69.2 Å². The Balaban J connectivity index is 1.64. The van der Waals surface area contributed by atoms with Gasteiger partial charge in [-0.05, 0) is 43.5 Å². The zero-order chi connectivity index (χ0) is 26.1. The molecule has 0 fully saturated rings. The molecule has 0 aliphatic rings. The molecular formula is C25H25N5O5S. The van der Waals surface area contributed by atoms with Gasteiger partial charge in [-0.25, -0.2) is 14.8 Å². The van der Waals surface area contributed by atoms with E-state index in [1.54, 1.807) is 55.6 Å². The molecule has 1 atom stereocenters. The fourth-order valence-corrected chi connectivity index (χ4v) is 3.87. The number of aryl methyl sites for hydroxylation is 2. The third-order valence-corrected chi connectivity index (χ3v) is 5.78. The summed E-state index contributed by atoms with van der Waals surface area (Å²) in [6.07, 6.45) is 0. The van der Waals surface area contributed by atoms with Crippen molar-refractivity contribution in [2.45, 2.75) is 19.9 Å². The smallest absolute Gasteiger partial charge is 0.330 e. The van der Waals surface area contributed by atoms with Crippen LogP contribution >= 0.6 is 11.3 Å². The summed E-state index contributed by atoms with van der Waals surface area (Å²) in [5, 5.41) is 19.5. The van der Waals surface area contributed by atoms with Gasteiger partial charge in [0.15, 0.2) is 0 Å². The largest absolute Gasteiger partial charge is 0.508 e. The maximum Gasteiger partial charge on any atom is 0.330 e. The van der Waals surface area contributed by atoms with E-state index in [0.29, 0.717) is 27.8 Å². The van der Waals surface area contributed by atoms with Crippen molar-refractivity contribution < 1.29 is 24.2 Å². The Bertz CT molecular complexity index is 1290. The van der Waals surface area contributed by atoms with Crippen LogP contribution in [0.1, 0.15) is 37.0 Å². The van der Waals surface area contributed by atoms with E-state index in [-0.39, 0.29) is 30.3 Å². The van der Waals surface area contributed by atoms with Crippen molar-refractivity contribution in [2.24, 2.45) is 0 Å². The molecule has 2 amide bonds. The van der Waals surface area contributed by atoms with E-state index >= 15 is 0 Å². The number of phenols is 1. The van der Waals surface area contributed by atoms with Gasteiger partial charge in [-0.15, -0.1) is 11.3 Å². The second kappa shape index (κ2) is 12.3. The molecule has 1 aromatic carbocycles. The predicted molar refractivity (Wildman–Crippen MR) is 135 cm³/mol. The van der Waals surface area contributed by atoms with Gasteiger partial charge >= 0.3 is 5.97 Å². The monoisotopic (exact) mass is 507 g/mol. The van der Waals surface area contributed by atoms with Gasteiger partial charge in [0.1, 0.15) is 11.8 Å². The highest BCUT2D eigenvalue weighted by Gasteiger charge is 2.25. The van der Waals surface area contributed by atoms with Gasteiger partial charge in [0, 0.05) is 12.1 Å². The number of phenolic OH excluding ortho intramolecular Hbond substituents is 1. The summed E-state index contributed by atoms with van der Waals surface area (Å²) >= 11 is 1.26. The Labute approximate surface area is 212 Å². The number of carbonyl (C=O) groups is 3. The van der Waals surface area contributed by atoms with E-state index in [1.165, 1.54) is 18.4 Å². The summed E-state index contributed by atoms with van der Waals surface area (Å²) in [5.41, 5.74) is 1.68. The minimum Gasteiger partial charge on any atom is -0.508 e. The van der Waals surface area contributed by atoms with E-state index in [2.05, 4.69) is 37.8 Å². The summed E-state index contributed by atoms with van der Waals surface area (Å²) in [6.45, 7) is 3.40. The van der Waals surface area contributed by atoms with Crippen molar-refractivity contribution >= 4 is 35.1 Å². The number of esters is 1. The molecule has 0 aliphatic carbocycles. The fraction of sp³-hybridized carbons (Fsp3) is 0.240. The van der Waals surface area contributed by atoms with Crippen molar-refractivity contribution in [3.8, 4) is 17.6 Å². The van der Waals surface area contributed by atoms with Gasteiger partial charge in [-0.2, -0.15) is 0 Å². The highest BCUT2D eigenvalue weighted by atomic mass is 32.1. The molecular weight excluding hydrogens is 482 g/mol. The number of aromatic hydroxyl groups is 1. The van der Waals surface area contributed by atoms with Crippen molar-refractivity contribution in [1.29, 1.82) is 0 Å². The van der Waals surface area contributed by atoms with Crippen LogP contribution < -0.4 is 16.0 Å². The first-order valence-electron chi connectivity index (χ1n) is 10.9. The molecule has 0 aliphatic heterocycles. The Hall–Kier alpha value is -4.43. The number of nitrogens with one attached hydrogen (secondary N) is 3. The first kappa shape index (κ1) is 26.2. The Morgan fingerprint density at radius 1 is 1.11 bits per heavy atom. The number of rotatable bonds is 8. The minimum atomic E-state index is -1.10. The van der Waals surface area contributed by atoms with E-state index in [0.717, 1.165) is 0 Å². The summed E-state index contributed by atoms with van der Waals surface area (Å²) in [5.74, 6) is 4.64. The number of carbonyl (C=O) groups excluding carboxylic acids is 3. The first-order valence-corrected chi connectivity index (χ1v) is 11.7. The van der Waals surface area contributed by atoms with Gasteiger partial charge in [-0.3, -0.25) is 9.59 Å². The minimum absolute atomic E-state index is 0.137. The van der Waals surface area contributed by atoms with Crippen LogP contribution in [0.25, 0.3) is 0 Å². The molecule has 11 heteroatoms. The third kappa shape index (κ3) is 7.04. The molecule has 2 heterocycles. The number of anilines is 1. The zero-order valence-corrected chi connectivity index (χ0v) is 20.7. The van der Waals surface area contributed by atoms with Crippen molar-refractivity contribution in [1.82, 2.24) is 20.6 Å². The third-order valence-electron chi connectivity index (χ3n) is 4.91. The number of methoxy groups -OCH3 is 1. The molecule has 3 rings (SSSR count). The van der Waals surface area contributed by atoms with Crippen LogP contribution in [0, 0.1) is 25.7 Å². The Morgan fingerprint density at radius 2 is 1.86 bits per heavy atom. The maximum absolute atomic E-state index is 13.0. The van der Waals surface area contributed by atoms with Crippen molar-refractivity contribution in [3.63, 3.8) is 0 Å². The fourth-order valence-electron chi connectivity index (χ4n) is 3.23. The van der Waals surface area contributed by atoms with E-state index in [9.17, 15) is 19.5 Å². The van der Waals surface area contributed by atoms with Gasteiger partial charge in [0.2, 0.25) is 5.95 Å². The van der Waals surface area contributed by atoms with Crippen molar-refractivity contribution in [2.75, 3.05) is 25.5 Å². The van der Waals surface area contributed by atoms with Gasteiger partial charge in [0.25, 0.3) is 11.8 Å². The van der Waals surface area contributed by atoms with Crippen LogP contribution in [0.2, 0.25) is 0 Å². The zero-order valence-electron chi connectivity index (χ0n) is 19.9. The molecule has 186 valence electrons. The van der Waals surface area contributed by atoms with Crippen LogP contribution in [-0.2, 0) is 9.53 Å². The quantitative estimate of drug-likeness (QED) is 0.268. The molecule has 3 aromatic rings. The van der Waals surface area contributed by atoms with Crippen LogP contribution in [0.3, 0.4) is 0 Å². The summed E-state index contributed by atoms with van der Waals surface area (Å²) < 4.78 is 4.77. The summed E-state index contributed by atoms with van der Waals surface area (Å²) in [4.78, 5) is 46.5. The van der Waals surface area contributed by atoms with E-state index in [1.807, 2.05) is 0 Å². The van der Waals surface area contributed by atoms with Crippen LogP contribution in [0.5, 0.6) is 5.75 Å². The molecule has 10 nitrogen and oxygen atoms in total. The number of hydrogen-bond donors (Lipinski definition) is 4. The second-order valence-corrected chi connectivity index (χ2v) is 8.48. The SMILES string of the molecule is COC(=O)C(CNC(=O)c1cccs1)NC(=O)c1c(C)nc(NCC#Cc2cccc(O)c2)nc1C. The van der Waals surface area contributed by atoms with Crippen LogP contribution in [0.4, 0.5) is 5.95 Å². The Morgan fingerprint density at radius 3 is 2.50 bits per heavy atom. The van der Waals surface area contributed by atoms with Crippen LogP contribution in [0.15, 0.2) is 41.8 Å². The lowest BCUT2D eigenvalue weighted by molar-refractivity contribution is -0.142. The summed E-state index contributed by atoms with van der Waals surface area (Å²) in [7, 11) is 1.20. The molecule has 2 aromatic heterocycles. The number of aromatic nitrogens is 2. The van der Waals surface area contributed by atoms with Gasteiger partial charge < -0.3 is 25.8 Å². The van der Waals surface area contributed by atoms with Gasteiger partial charge in [-0.1, -0.05) is 24.0 Å². The molecule has 0 spiro atoms. The van der Waals surface area contributed by atoms with E-state index < -0.39 is 17.9 Å². The predicted octanol–water partition coefficient (Wildman–Crippen LogP) is 2.03. The van der Waals surface area contributed by atoms with Crippen LogP contribution in [-0.4, -0.2) is 59.1 Å². The molecule has 0 radical (unpaired) electrons. The highest BCUT2D eigenvalue weighted by molar-refractivity contribution is 7.12. The number of nitrogens with zero attached hydrogens (tertiary/aromatic N) is 2. The lowest BCUT2D eigenvalue weighted by Crippen LogP contribution is -2.49. The second-order valence-electron chi connectivity index (χ2n) is 7.54. The lowest BCUT2D eigenvalue weighted by atomic mass is 10.1. The summed E-state index contributed by atoms with van der Waals surface area (Å²) in [6, 6.07) is 8.90. The molecule has 0 bridgehead atoms. The standard InChI is InChI=1S/C25H25N5O5S/c1-15-21(16(2)29-25(28-15)26-11-5-8-17-7-4-9-18(31)13-17)23(33)30-19(24(34)35-3)14-27-22(32)20-10-6-12-36-20/h4,6-7,9-10,12-13,19,31H,11,14H2,1-3H3,(H,27,32)(H,30,33)(H,26,28,29). The average molecular weight is 508 g/mol. The molecule has 1 unspecified atom stereocenters. The lowest BCUT2D eigenvalue weighted by Gasteiger charge is -2.18. The topological polar surface area (TPSA) is 143 Å². The van der Waals surface area contributed by atoms with E-state index in [4.69, 9.17) is 4.74 Å². The number of benzene rings is 1. The first-order chi connectivity index (χ1) is 17.3. The molecule has 4 N–H and O–H groups in total. The Kier molecular flexibility index (Phi) is 8.96. The number of ether oxygens (including phenoxy) is 1.